The summed E-state index contributed by atoms with van der Waals surface area (Å²) in [5.74, 6) is 0.859. The maximum Gasteiger partial charge on any atom is 0.120 e. The molecule has 2 N–H and O–H groups in total. The zero-order chi connectivity index (χ0) is 13.7. The van der Waals surface area contributed by atoms with Gasteiger partial charge in [0.1, 0.15) is 12.4 Å². The number of halogens is 1. The first-order chi connectivity index (χ1) is 9.13. The minimum atomic E-state index is 0.157. The van der Waals surface area contributed by atoms with Crippen LogP contribution in [0.3, 0.4) is 0 Å². The molecule has 3 nitrogen and oxygen atoms in total. The first kappa shape index (κ1) is 14.0. The van der Waals surface area contributed by atoms with Crippen LogP contribution in [0.5, 0.6) is 5.75 Å². The first-order valence-corrected chi connectivity index (χ1v) is 6.99. The van der Waals surface area contributed by atoms with Crippen molar-refractivity contribution in [3.8, 4) is 5.75 Å². The average Bonchev–Trinajstić information content (AvgIpc) is 2.36. The van der Waals surface area contributed by atoms with Gasteiger partial charge in [-0.2, -0.15) is 0 Å². The van der Waals surface area contributed by atoms with Gasteiger partial charge in [0.05, 0.1) is 0 Å². The van der Waals surface area contributed by atoms with Crippen LogP contribution in [0.15, 0.2) is 47.2 Å². The number of aromatic nitrogens is 1. The fourth-order valence-electron chi connectivity index (χ4n) is 1.84. The van der Waals surface area contributed by atoms with Gasteiger partial charge in [-0.25, -0.2) is 0 Å². The number of nitrogens with two attached hydrogens (primary N) is 1. The van der Waals surface area contributed by atoms with E-state index in [0.717, 1.165) is 22.2 Å². The second-order valence-corrected chi connectivity index (χ2v) is 5.54. The van der Waals surface area contributed by atoms with E-state index >= 15 is 0 Å². The van der Waals surface area contributed by atoms with E-state index in [1.54, 1.807) is 12.4 Å². The summed E-state index contributed by atoms with van der Waals surface area (Å²) in [6.07, 6.45) is 4.42. The van der Waals surface area contributed by atoms with Gasteiger partial charge in [-0.1, -0.05) is 12.1 Å². The Bertz CT molecular complexity index is 543. The van der Waals surface area contributed by atoms with Crippen molar-refractivity contribution in [2.45, 2.75) is 26.0 Å². The molecular formula is C15H17BrN2O. The van der Waals surface area contributed by atoms with Gasteiger partial charge >= 0.3 is 0 Å². The number of rotatable bonds is 5. The summed E-state index contributed by atoms with van der Waals surface area (Å²) in [4.78, 5) is 4.11. The molecule has 1 atom stereocenters. The lowest BCUT2D eigenvalue weighted by Crippen LogP contribution is -2.17. The van der Waals surface area contributed by atoms with Crippen LogP contribution in [-0.4, -0.2) is 11.0 Å². The Kier molecular flexibility index (Phi) is 4.93. The highest BCUT2D eigenvalue weighted by Crippen LogP contribution is 2.17. The highest BCUT2D eigenvalue weighted by molar-refractivity contribution is 9.10. The molecule has 0 fully saturated rings. The fraction of sp³-hybridized carbons (Fsp3) is 0.267. The van der Waals surface area contributed by atoms with Gasteiger partial charge in [0, 0.05) is 28.5 Å². The molecule has 0 radical (unpaired) electrons. The average molecular weight is 321 g/mol. The third kappa shape index (κ3) is 4.65. The Morgan fingerprint density at radius 2 is 2.11 bits per heavy atom. The summed E-state index contributed by atoms with van der Waals surface area (Å²) in [5, 5.41) is 0. The smallest absolute Gasteiger partial charge is 0.120 e. The van der Waals surface area contributed by atoms with Crippen molar-refractivity contribution >= 4 is 15.9 Å². The van der Waals surface area contributed by atoms with Crippen molar-refractivity contribution in [2.75, 3.05) is 0 Å². The van der Waals surface area contributed by atoms with Crippen molar-refractivity contribution in [3.63, 3.8) is 0 Å². The quantitative estimate of drug-likeness (QED) is 0.919. The Morgan fingerprint density at radius 3 is 2.84 bits per heavy atom. The zero-order valence-electron chi connectivity index (χ0n) is 10.8. The number of hydrogen-bond acceptors (Lipinski definition) is 3. The normalized spacial score (nSPS) is 12.2. The first-order valence-electron chi connectivity index (χ1n) is 6.20. The summed E-state index contributed by atoms with van der Waals surface area (Å²) in [7, 11) is 0. The molecule has 1 heterocycles. The van der Waals surface area contributed by atoms with Crippen molar-refractivity contribution < 1.29 is 4.74 Å². The summed E-state index contributed by atoms with van der Waals surface area (Å²) in [6.45, 7) is 2.51. The van der Waals surface area contributed by atoms with Crippen molar-refractivity contribution in [3.05, 3.63) is 58.3 Å². The van der Waals surface area contributed by atoms with Crippen molar-refractivity contribution in [1.82, 2.24) is 4.98 Å². The van der Waals surface area contributed by atoms with Gasteiger partial charge in [0.15, 0.2) is 0 Å². The molecule has 0 saturated carbocycles. The predicted molar refractivity (Wildman–Crippen MR) is 80.1 cm³/mol. The summed E-state index contributed by atoms with van der Waals surface area (Å²) < 4.78 is 6.73. The number of pyridine rings is 1. The number of ether oxygens (including phenoxy) is 1. The molecule has 19 heavy (non-hydrogen) atoms. The van der Waals surface area contributed by atoms with Gasteiger partial charge < -0.3 is 10.5 Å². The lowest BCUT2D eigenvalue weighted by Gasteiger charge is -2.09. The van der Waals surface area contributed by atoms with E-state index in [9.17, 15) is 0 Å². The molecule has 2 rings (SSSR count). The Morgan fingerprint density at radius 1 is 1.26 bits per heavy atom. The molecule has 2 aromatic rings. The molecule has 0 bridgehead atoms. The lowest BCUT2D eigenvalue weighted by molar-refractivity contribution is 0.305. The molecule has 0 spiro atoms. The van der Waals surface area contributed by atoms with Gasteiger partial charge in [-0.05, 0) is 53.0 Å². The molecule has 0 saturated heterocycles. The maximum absolute atomic E-state index is 5.80. The monoisotopic (exact) mass is 320 g/mol. The molecule has 0 aliphatic heterocycles. The minimum absolute atomic E-state index is 0.157. The predicted octanol–water partition coefficient (Wildman–Crippen LogP) is 3.31. The van der Waals surface area contributed by atoms with Gasteiger partial charge in [0.25, 0.3) is 0 Å². The molecule has 0 aliphatic carbocycles. The highest BCUT2D eigenvalue weighted by Gasteiger charge is 2.01. The van der Waals surface area contributed by atoms with Crippen LogP contribution in [0.1, 0.15) is 18.1 Å². The SMILES string of the molecule is CC(N)Cc1cccc(OCc2cncc(Br)c2)c1. The van der Waals surface area contributed by atoms with Crippen molar-refractivity contribution in [2.24, 2.45) is 5.73 Å². The molecular weight excluding hydrogens is 304 g/mol. The number of hydrogen-bond donors (Lipinski definition) is 1. The lowest BCUT2D eigenvalue weighted by atomic mass is 10.1. The van der Waals surface area contributed by atoms with Crippen LogP contribution < -0.4 is 10.5 Å². The number of benzene rings is 1. The molecule has 100 valence electrons. The van der Waals surface area contributed by atoms with Gasteiger partial charge in [-0.3, -0.25) is 4.98 Å². The van der Waals surface area contributed by atoms with Crippen LogP contribution in [0.2, 0.25) is 0 Å². The van der Waals surface area contributed by atoms with E-state index in [-0.39, 0.29) is 6.04 Å². The van der Waals surface area contributed by atoms with Crippen LogP contribution in [0, 0.1) is 0 Å². The summed E-state index contributed by atoms with van der Waals surface area (Å²) in [6, 6.07) is 10.2. The standard InChI is InChI=1S/C15H17BrN2O/c1-11(17)5-12-3-2-4-15(7-12)19-10-13-6-14(16)9-18-8-13/h2-4,6-9,11H,5,10,17H2,1H3. The van der Waals surface area contributed by atoms with E-state index < -0.39 is 0 Å². The minimum Gasteiger partial charge on any atom is -0.489 e. The van der Waals surface area contributed by atoms with Crippen molar-refractivity contribution in [1.29, 1.82) is 0 Å². The summed E-state index contributed by atoms with van der Waals surface area (Å²) >= 11 is 3.40. The second kappa shape index (κ2) is 6.68. The number of nitrogens with zero attached hydrogens (tertiary/aromatic N) is 1. The molecule has 0 aliphatic rings. The Balaban J connectivity index is 1.99. The van der Waals surface area contributed by atoms with E-state index in [0.29, 0.717) is 6.61 Å². The van der Waals surface area contributed by atoms with Gasteiger partial charge in [-0.15, -0.1) is 0 Å². The molecule has 0 amide bonds. The third-order valence-electron chi connectivity index (χ3n) is 2.62. The topological polar surface area (TPSA) is 48.1 Å². The zero-order valence-corrected chi connectivity index (χ0v) is 12.4. The van der Waals surface area contributed by atoms with Crippen LogP contribution in [-0.2, 0) is 13.0 Å². The van der Waals surface area contributed by atoms with E-state index in [2.05, 4.69) is 27.0 Å². The van der Waals surface area contributed by atoms with E-state index in [4.69, 9.17) is 10.5 Å². The Labute approximate surface area is 121 Å². The molecule has 1 aromatic heterocycles. The van der Waals surface area contributed by atoms with E-state index in [1.165, 1.54) is 5.56 Å². The maximum atomic E-state index is 5.80. The van der Waals surface area contributed by atoms with Gasteiger partial charge in [0.2, 0.25) is 0 Å². The van der Waals surface area contributed by atoms with Crippen LogP contribution >= 0.6 is 15.9 Å². The molecule has 1 aromatic carbocycles. The Hall–Kier alpha value is -1.39. The largest absolute Gasteiger partial charge is 0.489 e. The second-order valence-electron chi connectivity index (χ2n) is 4.63. The third-order valence-corrected chi connectivity index (χ3v) is 3.06. The van der Waals surface area contributed by atoms with Crippen LogP contribution in [0.4, 0.5) is 0 Å². The van der Waals surface area contributed by atoms with E-state index in [1.807, 2.05) is 31.2 Å². The highest BCUT2D eigenvalue weighted by atomic mass is 79.9. The summed E-state index contributed by atoms with van der Waals surface area (Å²) in [5.41, 5.74) is 8.03. The molecule has 4 heteroatoms. The molecule has 1 unspecified atom stereocenters. The fourth-order valence-corrected chi connectivity index (χ4v) is 2.25. The van der Waals surface area contributed by atoms with Crippen LogP contribution in [0.25, 0.3) is 0 Å².